The van der Waals surface area contributed by atoms with Gasteiger partial charge in [-0.05, 0) is 39.0 Å². The highest BCUT2D eigenvalue weighted by Gasteiger charge is 2.09. The largest absolute Gasteiger partial charge is 0.257 e. The van der Waals surface area contributed by atoms with Crippen molar-refractivity contribution in [2.75, 3.05) is 0 Å². The molecule has 0 spiro atoms. The van der Waals surface area contributed by atoms with Crippen LogP contribution in [0.3, 0.4) is 0 Å². The van der Waals surface area contributed by atoms with E-state index in [2.05, 4.69) is 36.2 Å². The van der Waals surface area contributed by atoms with Crippen LogP contribution in [0, 0.1) is 32.1 Å². The Balaban J connectivity index is 2.43. The Bertz CT molecular complexity index is 627. The molecule has 0 radical (unpaired) electrons. The monoisotopic (exact) mass is 254 g/mol. The molecule has 0 N–H and O–H groups in total. The fourth-order valence-corrected chi connectivity index (χ4v) is 2.99. The van der Waals surface area contributed by atoms with Gasteiger partial charge in [0, 0.05) is 15.5 Å². The molecule has 0 aliphatic heterocycles. The van der Waals surface area contributed by atoms with Gasteiger partial charge in [-0.25, -0.2) is 0 Å². The van der Waals surface area contributed by atoms with Crippen molar-refractivity contribution >= 4 is 11.8 Å². The maximum atomic E-state index is 9.22. The van der Waals surface area contributed by atoms with Crippen molar-refractivity contribution in [2.45, 2.75) is 30.6 Å². The number of pyridine rings is 1. The summed E-state index contributed by atoms with van der Waals surface area (Å²) in [6.45, 7) is 5.90. The first kappa shape index (κ1) is 12.7. The number of aromatic nitrogens is 1. The molecular formula is C15H14N2S. The van der Waals surface area contributed by atoms with Crippen molar-refractivity contribution in [3.63, 3.8) is 0 Å². The van der Waals surface area contributed by atoms with E-state index in [9.17, 15) is 5.26 Å². The maximum absolute atomic E-state index is 9.22. The first-order valence-electron chi connectivity index (χ1n) is 5.73. The first-order chi connectivity index (χ1) is 8.60. The second-order valence-electron chi connectivity index (χ2n) is 4.25. The molecule has 0 bridgehead atoms. The molecule has 0 fully saturated rings. The summed E-state index contributed by atoms with van der Waals surface area (Å²) in [4.78, 5) is 6.46. The third-order valence-electron chi connectivity index (χ3n) is 2.62. The Morgan fingerprint density at radius 1 is 1.17 bits per heavy atom. The molecule has 0 unspecified atom stereocenters. The Kier molecular flexibility index (Phi) is 3.69. The van der Waals surface area contributed by atoms with Gasteiger partial charge >= 0.3 is 0 Å². The number of benzene rings is 1. The van der Waals surface area contributed by atoms with Crippen LogP contribution in [0.15, 0.2) is 40.1 Å². The number of hydrogen-bond donors (Lipinski definition) is 0. The molecule has 3 heteroatoms. The molecule has 2 nitrogen and oxygen atoms in total. The highest BCUT2D eigenvalue weighted by Crippen LogP contribution is 2.32. The van der Waals surface area contributed by atoms with Crippen molar-refractivity contribution in [3.05, 3.63) is 52.8 Å². The van der Waals surface area contributed by atoms with Crippen LogP contribution in [-0.2, 0) is 0 Å². The standard InChI is InChI=1S/C15H14N2S/c1-10-5-4-6-13(7-10)18-15-8-11(2)17-12(3)14(15)9-16/h4-8H,1-3H3. The summed E-state index contributed by atoms with van der Waals surface area (Å²) in [7, 11) is 0. The summed E-state index contributed by atoms with van der Waals surface area (Å²) >= 11 is 1.62. The summed E-state index contributed by atoms with van der Waals surface area (Å²) in [5.74, 6) is 0. The van der Waals surface area contributed by atoms with Crippen LogP contribution in [0.25, 0.3) is 0 Å². The van der Waals surface area contributed by atoms with Crippen molar-refractivity contribution in [1.82, 2.24) is 4.98 Å². The van der Waals surface area contributed by atoms with E-state index >= 15 is 0 Å². The van der Waals surface area contributed by atoms with Gasteiger partial charge in [0.05, 0.1) is 11.3 Å². The van der Waals surface area contributed by atoms with Gasteiger partial charge in [0.15, 0.2) is 0 Å². The Labute approximate surface area is 112 Å². The predicted octanol–water partition coefficient (Wildman–Crippen LogP) is 4.03. The van der Waals surface area contributed by atoms with Gasteiger partial charge in [-0.3, -0.25) is 4.98 Å². The molecule has 0 saturated carbocycles. The average molecular weight is 254 g/mol. The number of hydrogen-bond acceptors (Lipinski definition) is 3. The number of rotatable bonds is 2. The lowest BCUT2D eigenvalue weighted by molar-refractivity contribution is 1.07. The highest BCUT2D eigenvalue weighted by molar-refractivity contribution is 7.99. The van der Waals surface area contributed by atoms with Gasteiger partial charge in [0.2, 0.25) is 0 Å². The van der Waals surface area contributed by atoms with Gasteiger partial charge in [0.25, 0.3) is 0 Å². The minimum absolute atomic E-state index is 0.673. The molecule has 18 heavy (non-hydrogen) atoms. The summed E-state index contributed by atoms with van der Waals surface area (Å²) < 4.78 is 0. The topological polar surface area (TPSA) is 36.7 Å². The third-order valence-corrected chi connectivity index (χ3v) is 3.65. The van der Waals surface area contributed by atoms with Crippen LogP contribution >= 0.6 is 11.8 Å². The average Bonchev–Trinajstić information content (AvgIpc) is 2.28. The van der Waals surface area contributed by atoms with Crippen molar-refractivity contribution in [1.29, 1.82) is 5.26 Å². The van der Waals surface area contributed by atoms with Crippen LogP contribution in [0.1, 0.15) is 22.5 Å². The van der Waals surface area contributed by atoms with Crippen molar-refractivity contribution < 1.29 is 0 Å². The van der Waals surface area contributed by atoms with Crippen molar-refractivity contribution in [3.8, 4) is 6.07 Å². The van der Waals surface area contributed by atoms with Crippen LogP contribution in [0.4, 0.5) is 0 Å². The Hall–Kier alpha value is -1.79. The Morgan fingerprint density at radius 3 is 2.61 bits per heavy atom. The van der Waals surface area contributed by atoms with E-state index in [1.165, 1.54) is 5.56 Å². The van der Waals surface area contributed by atoms with Crippen LogP contribution in [-0.4, -0.2) is 4.98 Å². The number of nitriles is 1. The molecule has 1 heterocycles. The van der Waals surface area contributed by atoms with Gasteiger partial charge in [0.1, 0.15) is 6.07 Å². The molecule has 1 aromatic heterocycles. The van der Waals surface area contributed by atoms with E-state index < -0.39 is 0 Å². The summed E-state index contributed by atoms with van der Waals surface area (Å²) in [5, 5.41) is 9.22. The maximum Gasteiger partial charge on any atom is 0.102 e. The van der Waals surface area contributed by atoms with E-state index in [4.69, 9.17) is 0 Å². The number of nitrogens with zero attached hydrogens (tertiary/aromatic N) is 2. The summed E-state index contributed by atoms with van der Waals surface area (Å²) in [5.41, 5.74) is 3.64. The molecule has 0 atom stereocenters. The zero-order chi connectivity index (χ0) is 13.1. The molecule has 0 aliphatic carbocycles. The molecular weight excluding hydrogens is 240 g/mol. The van der Waals surface area contributed by atoms with E-state index in [1.807, 2.05) is 26.0 Å². The zero-order valence-corrected chi connectivity index (χ0v) is 11.5. The smallest absolute Gasteiger partial charge is 0.102 e. The first-order valence-corrected chi connectivity index (χ1v) is 6.54. The molecule has 0 aliphatic rings. The molecule has 90 valence electrons. The molecule has 0 saturated heterocycles. The van der Waals surface area contributed by atoms with Crippen molar-refractivity contribution in [2.24, 2.45) is 0 Å². The predicted molar refractivity (Wildman–Crippen MR) is 73.7 cm³/mol. The zero-order valence-electron chi connectivity index (χ0n) is 10.7. The van der Waals surface area contributed by atoms with E-state index in [0.717, 1.165) is 21.2 Å². The number of aryl methyl sites for hydroxylation is 3. The fourth-order valence-electron chi connectivity index (χ4n) is 1.82. The minimum Gasteiger partial charge on any atom is -0.257 e. The minimum atomic E-state index is 0.673. The lowest BCUT2D eigenvalue weighted by atomic mass is 10.2. The van der Waals surface area contributed by atoms with Crippen LogP contribution in [0.5, 0.6) is 0 Å². The molecule has 0 amide bonds. The lowest BCUT2D eigenvalue weighted by Crippen LogP contribution is -1.94. The summed E-state index contributed by atoms with van der Waals surface area (Å²) in [6.07, 6.45) is 0. The highest BCUT2D eigenvalue weighted by atomic mass is 32.2. The van der Waals surface area contributed by atoms with Gasteiger partial charge in [-0.2, -0.15) is 5.26 Å². The SMILES string of the molecule is Cc1cccc(Sc2cc(C)nc(C)c2C#N)c1. The van der Waals surface area contributed by atoms with Crippen LogP contribution in [0.2, 0.25) is 0 Å². The quantitative estimate of drug-likeness (QED) is 0.812. The van der Waals surface area contributed by atoms with Gasteiger partial charge in [-0.1, -0.05) is 29.5 Å². The third kappa shape index (κ3) is 2.72. The second-order valence-corrected chi connectivity index (χ2v) is 5.37. The van der Waals surface area contributed by atoms with Crippen LogP contribution < -0.4 is 0 Å². The van der Waals surface area contributed by atoms with E-state index in [-0.39, 0.29) is 0 Å². The molecule has 2 rings (SSSR count). The normalized spacial score (nSPS) is 10.1. The van der Waals surface area contributed by atoms with E-state index in [0.29, 0.717) is 5.56 Å². The molecule has 1 aromatic carbocycles. The Morgan fingerprint density at radius 2 is 1.94 bits per heavy atom. The van der Waals surface area contributed by atoms with Gasteiger partial charge < -0.3 is 0 Å². The molecule has 2 aromatic rings. The second kappa shape index (κ2) is 5.24. The fraction of sp³-hybridized carbons (Fsp3) is 0.200. The lowest BCUT2D eigenvalue weighted by Gasteiger charge is -2.08. The van der Waals surface area contributed by atoms with Gasteiger partial charge in [-0.15, -0.1) is 0 Å². The summed E-state index contributed by atoms with van der Waals surface area (Å²) in [6, 6.07) is 12.5. The van der Waals surface area contributed by atoms with E-state index in [1.54, 1.807) is 11.8 Å².